The second-order valence-corrected chi connectivity index (χ2v) is 10.0. The molecular formula is C20H20ClN3O3S2. The van der Waals surface area contributed by atoms with E-state index >= 15 is 0 Å². The van der Waals surface area contributed by atoms with Crippen molar-refractivity contribution in [2.45, 2.75) is 30.2 Å². The second-order valence-electron chi connectivity index (χ2n) is 6.84. The average Bonchev–Trinajstić information content (AvgIpc) is 3.34. The van der Waals surface area contributed by atoms with E-state index in [4.69, 9.17) is 16.6 Å². The molecule has 152 valence electrons. The van der Waals surface area contributed by atoms with Crippen molar-refractivity contribution in [3.8, 4) is 0 Å². The zero-order chi connectivity index (χ0) is 20.4. The topological polar surface area (TPSA) is 79.4 Å². The van der Waals surface area contributed by atoms with Gasteiger partial charge in [-0.2, -0.15) is 0 Å². The van der Waals surface area contributed by atoms with Crippen molar-refractivity contribution in [3.05, 3.63) is 58.6 Å². The smallest absolute Gasteiger partial charge is 0.242 e. The van der Waals surface area contributed by atoms with Crippen LogP contribution in [0.1, 0.15) is 30.3 Å². The molecule has 3 aromatic rings. The van der Waals surface area contributed by atoms with Crippen LogP contribution in [0, 0.1) is 0 Å². The first kappa shape index (κ1) is 20.3. The van der Waals surface area contributed by atoms with Crippen LogP contribution < -0.4 is 4.72 Å². The molecule has 0 bridgehead atoms. The number of para-hydroxylation sites is 1. The van der Waals surface area contributed by atoms with Crippen molar-refractivity contribution in [1.82, 2.24) is 14.6 Å². The molecule has 1 aromatic heterocycles. The maximum atomic E-state index is 12.8. The lowest BCUT2D eigenvalue weighted by Crippen LogP contribution is -2.34. The van der Waals surface area contributed by atoms with Gasteiger partial charge >= 0.3 is 0 Å². The zero-order valence-electron chi connectivity index (χ0n) is 15.5. The van der Waals surface area contributed by atoms with Crippen LogP contribution >= 0.6 is 22.9 Å². The molecule has 1 fully saturated rings. The largest absolute Gasteiger partial charge is 0.333 e. The van der Waals surface area contributed by atoms with E-state index in [1.165, 1.54) is 12.1 Å². The van der Waals surface area contributed by atoms with Gasteiger partial charge in [0.15, 0.2) is 0 Å². The fraction of sp³-hybridized carbons (Fsp3) is 0.300. The highest BCUT2D eigenvalue weighted by atomic mass is 35.5. The number of sulfonamides is 1. The zero-order valence-corrected chi connectivity index (χ0v) is 17.9. The minimum Gasteiger partial charge on any atom is -0.333 e. The molecule has 9 heteroatoms. The van der Waals surface area contributed by atoms with Crippen molar-refractivity contribution in [2.75, 3.05) is 13.1 Å². The minimum absolute atomic E-state index is 0.0163. The Hall–Kier alpha value is -2.00. The van der Waals surface area contributed by atoms with Crippen LogP contribution in [0.4, 0.5) is 0 Å². The number of carbonyl (C=O) groups excluding carboxylic acids is 1. The van der Waals surface area contributed by atoms with Gasteiger partial charge in [0, 0.05) is 19.5 Å². The Morgan fingerprint density at radius 3 is 2.76 bits per heavy atom. The Morgan fingerprint density at radius 1 is 1.21 bits per heavy atom. The van der Waals surface area contributed by atoms with Crippen molar-refractivity contribution in [2.24, 2.45) is 0 Å². The Balaban J connectivity index is 1.41. The molecule has 29 heavy (non-hydrogen) atoms. The van der Waals surface area contributed by atoms with Crippen LogP contribution in [0.2, 0.25) is 5.02 Å². The van der Waals surface area contributed by atoms with Gasteiger partial charge in [0.1, 0.15) is 9.90 Å². The summed E-state index contributed by atoms with van der Waals surface area (Å²) in [6.45, 7) is 0.687. The van der Waals surface area contributed by atoms with E-state index in [1.54, 1.807) is 23.5 Å². The van der Waals surface area contributed by atoms with Gasteiger partial charge in [-0.1, -0.05) is 35.9 Å². The van der Waals surface area contributed by atoms with E-state index in [0.29, 0.717) is 6.54 Å². The highest BCUT2D eigenvalue weighted by Gasteiger charge is 2.32. The molecule has 0 spiro atoms. The Bertz CT molecular complexity index is 1110. The first-order valence-electron chi connectivity index (χ1n) is 9.35. The summed E-state index contributed by atoms with van der Waals surface area (Å²) in [6, 6.07) is 14.1. The van der Waals surface area contributed by atoms with E-state index in [1.807, 2.05) is 29.2 Å². The number of nitrogens with zero attached hydrogens (tertiary/aromatic N) is 2. The maximum absolute atomic E-state index is 12.8. The van der Waals surface area contributed by atoms with Crippen LogP contribution in [-0.4, -0.2) is 37.3 Å². The van der Waals surface area contributed by atoms with E-state index in [2.05, 4.69) is 4.72 Å². The fourth-order valence-electron chi connectivity index (χ4n) is 3.53. The number of nitrogens with one attached hydrogen (secondary N) is 1. The van der Waals surface area contributed by atoms with Gasteiger partial charge in [0.2, 0.25) is 15.9 Å². The number of hydrogen-bond acceptors (Lipinski definition) is 5. The number of hydrogen-bond donors (Lipinski definition) is 1. The summed E-state index contributed by atoms with van der Waals surface area (Å²) < 4.78 is 28.4. The lowest BCUT2D eigenvalue weighted by Gasteiger charge is -2.23. The summed E-state index contributed by atoms with van der Waals surface area (Å²) in [5, 5.41) is 1.09. The summed E-state index contributed by atoms with van der Waals surface area (Å²) in [5.74, 6) is -0.0754. The first-order valence-corrected chi connectivity index (χ1v) is 12.0. The number of amides is 1. The fourth-order valence-corrected chi connectivity index (χ4v) is 6.20. The number of thiazole rings is 1. The van der Waals surface area contributed by atoms with Gasteiger partial charge < -0.3 is 4.90 Å². The summed E-state index contributed by atoms with van der Waals surface area (Å²) in [7, 11) is -3.76. The van der Waals surface area contributed by atoms with E-state index in [0.717, 1.165) is 28.1 Å². The highest BCUT2D eigenvalue weighted by molar-refractivity contribution is 7.89. The van der Waals surface area contributed by atoms with Crippen molar-refractivity contribution >= 4 is 49.1 Å². The van der Waals surface area contributed by atoms with E-state index < -0.39 is 10.0 Å². The van der Waals surface area contributed by atoms with Crippen LogP contribution in [0.3, 0.4) is 0 Å². The van der Waals surface area contributed by atoms with Crippen molar-refractivity contribution < 1.29 is 13.2 Å². The third-order valence-electron chi connectivity index (χ3n) is 4.93. The Kier molecular flexibility index (Phi) is 5.87. The number of aromatic nitrogens is 1. The molecule has 2 heterocycles. The van der Waals surface area contributed by atoms with Gasteiger partial charge in [-0.15, -0.1) is 11.3 Å². The van der Waals surface area contributed by atoms with E-state index in [9.17, 15) is 13.2 Å². The Labute approximate surface area is 178 Å². The summed E-state index contributed by atoms with van der Waals surface area (Å²) >= 11 is 7.59. The number of benzene rings is 2. The SMILES string of the molecule is O=C(CCNS(=O)(=O)c1ccccc1Cl)N1CCC[C@H]1c1nc2ccccc2s1. The van der Waals surface area contributed by atoms with Crippen molar-refractivity contribution in [1.29, 1.82) is 0 Å². The van der Waals surface area contributed by atoms with Gasteiger partial charge in [0.05, 0.1) is 21.3 Å². The van der Waals surface area contributed by atoms with Gasteiger partial charge in [0.25, 0.3) is 0 Å². The standard InChI is InChI=1S/C20H20ClN3O3S2/c21-14-6-1-4-10-18(14)29(26,27)22-12-11-19(25)24-13-5-8-16(24)20-23-15-7-2-3-9-17(15)28-20/h1-4,6-7,9-10,16,22H,5,8,11-13H2/t16-/m0/s1. The molecule has 1 atom stereocenters. The number of fused-ring (bicyclic) bond motifs is 1. The number of rotatable bonds is 6. The molecule has 1 N–H and O–H groups in total. The van der Waals surface area contributed by atoms with Gasteiger partial charge in [-0.25, -0.2) is 18.1 Å². The molecule has 1 aliphatic rings. The van der Waals surface area contributed by atoms with Crippen LogP contribution in [0.25, 0.3) is 10.2 Å². The molecule has 1 amide bonds. The molecule has 0 radical (unpaired) electrons. The molecule has 0 aliphatic carbocycles. The maximum Gasteiger partial charge on any atom is 0.242 e. The first-order chi connectivity index (χ1) is 14.0. The number of likely N-dealkylation sites (tertiary alicyclic amines) is 1. The van der Waals surface area contributed by atoms with Crippen LogP contribution in [0.5, 0.6) is 0 Å². The lowest BCUT2D eigenvalue weighted by molar-refractivity contribution is -0.131. The molecule has 0 saturated carbocycles. The van der Waals surface area contributed by atoms with Crippen LogP contribution in [0.15, 0.2) is 53.4 Å². The lowest BCUT2D eigenvalue weighted by atomic mass is 10.2. The third-order valence-corrected chi connectivity index (χ3v) is 8.02. The number of carbonyl (C=O) groups is 1. The van der Waals surface area contributed by atoms with Crippen LogP contribution in [-0.2, 0) is 14.8 Å². The summed E-state index contributed by atoms with van der Waals surface area (Å²) in [5.41, 5.74) is 0.944. The van der Waals surface area contributed by atoms with E-state index in [-0.39, 0.29) is 34.8 Å². The molecule has 4 rings (SSSR count). The molecular weight excluding hydrogens is 430 g/mol. The minimum atomic E-state index is -3.76. The normalized spacial score (nSPS) is 17.1. The van der Waals surface area contributed by atoms with Crippen molar-refractivity contribution in [3.63, 3.8) is 0 Å². The average molecular weight is 450 g/mol. The molecule has 2 aromatic carbocycles. The number of halogens is 1. The molecule has 0 unspecified atom stereocenters. The molecule has 1 aliphatic heterocycles. The third kappa shape index (κ3) is 4.30. The quantitative estimate of drug-likeness (QED) is 0.617. The predicted octanol–water partition coefficient (Wildman–Crippen LogP) is 3.98. The summed E-state index contributed by atoms with van der Waals surface area (Å²) in [4.78, 5) is 19.3. The second kappa shape index (κ2) is 8.39. The van der Waals surface area contributed by atoms with Gasteiger partial charge in [-0.05, 0) is 37.1 Å². The predicted molar refractivity (Wildman–Crippen MR) is 115 cm³/mol. The highest BCUT2D eigenvalue weighted by Crippen LogP contribution is 2.36. The molecule has 1 saturated heterocycles. The summed E-state index contributed by atoms with van der Waals surface area (Å²) in [6.07, 6.45) is 1.87. The Morgan fingerprint density at radius 2 is 1.97 bits per heavy atom. The van der Waals surface area contributed by atoms with Gasteiger partial charge in [-0.3, -0.25) is 4.79 Å². The molecule has 6 nitrogen and oxygen atoms in total. The monoisotopic (exact) mass is 449 g/mol.